The maximum atomic E-state index is 13.2. The summed E-state index contributed by atoms with van der Waals surface area (Å²) in [6, 6.07) is 4.02. The summed E-state index contributed by atoms with van der Waals surface area (Å²) >= 11 is 1.53. The molecule has 2 amide bonds. The van der Waals surface area contributed by atoms with Crippen LogP contribution in [0, 0.1) is 0 Å². The van der Waals surface area contributed by atoms with Crippen LogP contribution in [0.1, 0.15) is 71.3 Å². The molecule has 0 atom stereocenters. The smallest absolute Gasteiger partial charge is 0.384 e. The molecule has 196 valence electrons. The summed E-state index contributed by atoms with van der Waals surface area (Å²) < 4.78 is 38.9. The molecule has 1 aliphatic carbocycles. The van der Waals surface area contributed by atoms with Gasteiger partial charge in [-0.3, -0.25) is 9.59 Å². The maximum Gasteiger partial charge on any atom is 0.416 e. The van der Waals surface area contributed by atoms with Crippen molar-refractivity contribution in [2.75, 3.05) is 19.6 Å². The Morgan fingerprint density at radius 3 is 2.50 bits per heavy atom. The van der Waals surface area contributed by atoms with Crippen molar-refractivity contribution < 1.29 is 27.9 Å². The molecule has 1 aromatic carbocycles. The lowest BCUT2D eigenvalue weighted by molar-refractivity contribution is -0.139. The van der Waals surface area contributed by atoms with E-state index in [1.54, 1.807) is 11.1 Å². The number of carbonyl (C=O) groups is 2. The number of carbonyl (C=O) groups excluding carboxylic acids is 2. The lowest BCUT2D eigenvalue weighted by Gasteiger charge is -2.46. The lowest BCUT2D eigenvalue weighted by Crippen LogP contribution is -2.63. The van der Waals surface area contributed by atoms with E-state index >= 15 is 0 Å². The largest absolute Gasteiger partial charge is 0.416 e. The molecule has 1 aliphatic heterocycles. The van der Waals surface area contributed by atoms with Gasteiger partial charge in [0.25, 0.3) is 5.91 Å². The van der Waals surface area contributed by atoms with Gasteiger partial charge >= 0.3 is 6.18 Å². The van der Waals surface area contributed by atoms with Gasteiger partial charge in [0, 0.05) is 36.8 Å². The Kier molecular flexibility index (Phi) is 7.72. The average molecular weight is 525 g/mol. The van der Waals surface area contributed by atoms with Gasteiger partial charge in [-0.1, -0.05) is 19.9 Å². The molecule has 0 radical (unpaired) electrons. The fraction of sp³-hybridized carbons (Fsp3) is 0.560. The minimum Gasteiger partial charge on any atom is -0.384 e. The summed E-state index contributed by atoms with van der Waals surface area (Å²) in [5, 5.41) is 17.9. The second-order valence-corrected chi connectivity index (χ2v) is 10.9. The van der Waals surface area contributed by atoms with Gasteiger partial charge < -0.3 is 20.6 Å². The van der Waals surface area contributed by atoms with E-state index < -0.39 is 23.2 Å². The highest BCUT2D eigenvalue weighted by Gasteiger charge is 2.42. The molecular formula is C25H31F3N4O3S. The number of aliphatic hydroxyl groups is 1. The van der Waals surface area contributed by atoms with Crippen LogP contribution in [0.2, 0.25) is 0 Å². The SMILES string of the molecule is CC(C)c1ncc(C2(O)CCC(N(C(=O)CNC(=O)c3cccc(C(F)(F)F)c3)C3CNC3)CC2)s1. The predicted molar refractivity (Wildman–Crippen MR) is 130 cm³/mol. The molecule has 1 aromatic heterocycles. The zero-order chi connectivity index (χ0) is 26.1. The van der Waals surface area contributed by atoms with Gasteiger partial charge in [0.2, 0.25) is 5.91 Å². The van der Waals surface area contributed by atoms with E-state index in [-0.39, 0.29) is 36.0 Å². The summed E-state index contributed by atoms with van der Waals surface area (Å²) in [5.41, 5.74) is -2.03. The standard InChI is InChI=1S/C25H31F3N4O3S/c1-15(2)23-31-13-20(36-23)24(35)8-6-18(7-9-24)32(19-11-29-12-19)21(33)14-30-22(34)16-4-3-5-17(10-16)25(26,27)28/h3-5,10,13,15,18-19,29,35H,6-9,11-12,14H2,1-2H3,(H,30,34). The first kappa shape index (κ1) is 26.6. The fourth-order valence-electron chi connectivity index (χ4n) is 4.74. The Morgan fingerprint density at radius 1 is 1.25 bits per heavy atom. The minimum atomic E-state index is -4.56. The molecule has 1 saturated carbocycles. The molecule has 0 bridgehead atoms. The second-order valence-electron chi connectivity index (χ2n) is 9.85. The van der Waals surface area contributed by atoms with Crippen LogP contribution in [0.25, 0.3) is 0 Å². The monoisotopic (exact) mass is 524 g/mol. The van der Waals surface area contributed by atoms with Crippen LogP contribution in [0.3, 0.4) is 0 Å². The first-order valence-electron chi connectivity index (χ1n) is 12.1. The number of aromatic nitrogens is 1. The third-order valence-corrected chi connectivity index (χ3v) is 8.44. The van der Waals surface area contributed by atoms with E-state index in [1.165, 1.54) is 23.5 Å². The minimum absolute atomic E-state index is 0.0184. The molecule has 4 rings (SSSR count). The van der Waals surface area contributed by atoms with E-state index in [4.69, 9.17) is 0 Å². The zero-order valence-corrected chi connectivity index (χ0v) is 21.1. The van der Waals surface area contributed by atoms with E-state index in [2.05, 4.69) is 29.5 Å². The second kappa shape index (κ2) is 10.5. The summed E-state index contributed by atoms with van der Waals surface area (Å²) in [6.45, 7) is 5.09. The summed E-state index contributed by atoms with van der Waals surface area (Å²) in [6.07, 6.45) is -0.596. The van der Waals surface area contributed by atoms with E-state index in [0.29, 0.717) is 38.8 Å². The Hall–Kier alpha value is -2.50. The van der Waals surface area contributed by atoms with Gasteiger partial charge in [0.05, 0.1) is 28.0 Å². The molecule has 2 fully saturated rings. The highest BCUT2D eigenvalue weighted by Crippen LogP contribution is 2.42. The molecule has 2 heterocycles. The summed E-state index contributed by atoms with van der Waals surface area (Å²) in [4.78, 5) is 32.7. The van der Waals surface area contributed by atoms with Crippen LogP contribution < -0.4 is 10.6 Å². The fourth-order valence-corrected chi connectivity index (χ4v) is 5.80. The first-order chi connectivity index (χ1) is 17.0. The molecule has 3 N–H and O–H groups in total. The molecule has 1 saturated heterocycles. The Morgan fingerprint density at radius 2 is 1.94 bits per heavy atom. The third kappa shape index (κ3) is 5.73. The van der Waals surface area contributed by atoms with Crippen LogP contribution >= 0.6 is 11.3 Å². The number of hydrogen-bond donors (Lipinski definition) is 3. The molecule has 2 aliphatic rings. The normalized spacial score (nSPS) is 22.8. The molecule has 2 aromatic rings. The van der Waals surface area contributed by atoms with Gasteiger partial charge in [-0.2, -0.15) is 13.2 Å². The Bertz CT molecular complexity index is 1090. The third-order valence-electron chi connectivity index (χ3n) is 6.95. The van der Waals surface area contributed by atoms with Crippen molar-refractivity contribution in [3.63, 3.8) is 0 Å². The van der Waals surface area contributed by atoms with Gasteiger partial charge in [-0.05, 0) is 43.9 Å². The predicted octanol–water partition coefficient (Wildman–Crippen LogP) is 3.65. The van der Waals surface area contributed by atoms with Crippen LogP contribution in [0.5, 0.6) is 0 Å². The van der Waals surface area contributed by atoms with Crippen molar-refractivity contribution >= 4 is 23.2 Å². The first-order valence-corrected chi connectivity index (χ1v) is 13.0. The number of rotatable bonds is 7. The Balaban J connectivity index is 1.39. The van der Waals surface area contributed by atoms with Crippen molar-refractivity contribution in [1.29, 1.82) is 0 Å². The molecule has 0 unspecified atom stereocenters. The lowest BCUT2D eigenvalue weighted by atomic mass is 9.80. The van der Waals surface area contributed by atoms with Crippen molar-refractivity contribution in [2.45, 2.75) is 69.3 Å². The van der Waals surface area contributed by atoms with Crippen molar-refractivity contribution in [3.8, 4) is 0 Å². The Labute approximate surface area is 212 Å². The molecule has 0 spiro atoms. The number of nitrogens with one attached hydrogen (secondary N) is 2. The van der Waals surface area contributed by atoms with Gasteiger partial charge in [0.1, 0.15) is 5.60 Å². The number of hydrogen-bond acceptors (Lipinski definition) is 6. The number of amides is 2. The van der Waals surface area contributed by atoms with E-state index in [1.807, 2.05) is 0 Å². The van der Waals surface area contributed by atoms with Crippen LogP contribution in [-0.2, 0) is 16.6 Å². The van der Waals surface area contributed by atoms with Crippen molar-refractivity contribution in [3.05, 3.63) is 51.5 Å². The van der Waals surface area contributed by atoms with Gasteiger partial charge in [-0.15, -0.1) is 11.3 Å². The van der Waals surface area contributed by atoms with Crippen molar-refractivity contribution in [1.82, 2.24) is 20.5 Å². The number of nitrogens with zero attached hydrogens (tertiary/aromatic N) is 2. The van der Waals surface area contributed by atoms with Gasteiger partial charge in [0.15, 0.2) is 0 Å². The van der Waals surface area contributed by atoms with E-state index in [0.717, 1.165) is 22.0 Å². The molecular weight excluding hydrogens is 493 g/mol. The number of thiazole rings is 1. The maximum absolute atomic E-state index is 13.2. The molecule has 11 heteroatoms. The topological polar surface area (TPSA) is 94.6 Å². The summed E-state index contributed by atoms with van der Waals surface area (Å²) in [5.74, 6) is -0.725. The molecule has 36 heavy (non-hydrogen) atoms. The molecule has 7 nitrogen and oxygen atoms in total. The average Bonchev–Trinajstić information content (AvgIpc) is 3.32. The number of halogens is 3. The van der Waals surface area contributed by atoms with Crippen LogP contribution in [-0.4, -0.2) is 58.5 Å². The quantitative estimate of drug-likeness (QED) is 0.514. The van der Waals surface area contributed by atoms with Crippen molar-refractivity contribution in [2.24, 2.45) is 0 Å². The summed E-state index contributed by atoms with van der Waals surface area (Å²) in [7, 11) is 0. The van der Waals surface area contributed by atoms with Gasteiger partial charge in [-0.25, -0.2) is 4.98 Å². The van der Waals surface area contributed by atoms with Crippen LogP contribution in [0.15, 0.2) is 30.5 Å². The highest BCUT2D eigenvalue weighted by atomic mass is 32.1. The number of alkyl halides is 3. The van der Waals surface area contributed by atoms with Crippen LogP contribution in [0.4, 0.5) is 13.2 Å². The zero-order valence-electron chi connectivity index (χ0n) is 20.3. The highest BCUT2D eigenvalue weighted by molar-refractivity contribution is 7.11. The van der Waals surface area contributed by atoms with E-state index in [9.17, 15) is 27.9 Å². The number of benzene rings is 1.